The predicted molar refractivity (Wildman–Crippen MR) is 78.2 cm³/mol. The van der Waals surface area contributed by atoms with Crippen LogP contribution in [0.15, 0.2) is 47.1 Å². The lowest BCUT2D eigenvalue weighted by molar-refractivity contribution is 0.800. The number of rotatable bonds is 2. The Morgan fingerprint density at radius 1 is 1.28 bits per heavy atom. The number of fused-ring (bicyclic) bond motifs is 1. The fourth-order valence-electron chi connectivity index (χ4n) is 1.95. The van der Waals surface area contributed by atoms with Gasteiger partial charge < -0.3 is 4.98 Å². The van der Waals surface area contributed by atoms with E-state index in [2.05, 4.69) is 38.0 Å². The van der Waals surface area contributed by atoms with Gasteiger partial charge in [0.2, 0.25) is 0 Å². The third kappa shape index (κ3) is 2.11. The molecule has 0 aliphatic carbocycles. The summed E-state index contributed by atoms with van der Waals surface area (Å²) in [5, 5.41) is 0. The molecular weight excluding hydrogens is 310 g/mol. The first-order valence-electron chi connectivity index (χ1n) is 5.52. The van der Waals surface area contributed by atoms with Crippen molar-refractivity contribution >= 4 is 39.3 Å². The molecule has 90 valence electrons. The number of halogens is 1. The molecule has 0 bridgehead atoms. The van der Waals surface area contributed by atoms with Crippen molar-refractivity contribution in [3.63, 3.8) is 0 Å². The Morgan fingerprint density at radius 2 is 2.17 bits per heavy atom. The van der Waals surface area contributed by atoms with Crippen LogP contribution >= 0.6 is 28.1 Å². The highest BCUT2D eigenvalue weighted by atomic mass is 79.9. The Hall–Kier alpha value is -1.46. The number of hydrogen-bond donors (Lipinski definition) is 1. The molecule has 0 unspecified atom stereocenters. The van der Waals surface area contributed by atoms with Gasteiger partial charge in [-0.1, -0.05) is 28.1 Å². The number of nitrogens with zero attached hydrogens (tertiary/aromatic N) is 2. The van der Waals surface area contributed by atoms with Crippen LogP contribution in [-0.2, 0) is 6.54 Å². The van der Waals surface area contributed by atoms with Gasteiger partial charge in [0.15, 0.2) is 10.4 Å². The van der Waals surface area contributed by atoms with Crippen LogP contribution in [0.3, 0.4) is 0 Å². The summed E-state index contributed by atoms with van der Waals surface area (Å²) in [6.45, 7) is 0.718. The third-order valence-electron chi connectivity index (χ3n) is 2.76. The maximum Gasteiger partial charge on any atom is 0.179 e. The van der Waals surface area contributed by atoms with E-state index in [9.17, 15) is 0 Å². The van der Waals surface area contributed by atoms with Crippen LogP contribution in [0.4, 0.5) is 0 Å². The third-order valence-corrected chi connectivity index (χ3v) is 3.57. The van der Waals surface area contributed by atoms with Gasteiger partial charge >= 0.3 is 0 Å². The van der Waals surface area contributed by atoms with Gasteiger partial charge in [-0.15, -0.1) is 0 Å². The van der Waals surface area contributed by atoms with Gasteiger partial charge in [-0.2, -0.15) is 0 Å². The number of imidazole rings is 1. The maximum absolute atomic E-state index is 5.34. The molecular formula is C13H10BrN3S. The van der Waals surface area contributed by atoms with E-state index in [0.717, 1.165) is 22.2 Å². The zero-order chi connectivity index (χ0) is 12.5. The summed E-state index contributed by atoms with van der Waals surface area (Å²) in [5.41, 5.74) is 3.05. The lowest BCUT2D eigenvalue weighted by atomic mass is 10.2. The molecule has 5 heteroatoms. The molecule has 3 nitrogen and oxygen atoms in total. The average Bonchev–Trinajstić information content (AvgIpc) is 2.66. The summed E-state index contributed by atoms with van der Waals surface area (Å²) in [5.74, 6) is 0. The van der Waals surface area contributed by atoms with Gasteiger partial charge in [-0.05, 0) is 42.0 Å². The normalized spacial score (nSPS) is 10.9. The van der Waals surface area contributed by atoms with Crippen molar-refractivity contribution in [1.29, 1.82) is 0 Å². The van der Waals surface area contributed by atoms with Crippen LogP contribution in [0.5, 0.6) is 0 Å². The smallest absolute Gasteiger partial charge is 0.179 e. The molecule has 0 fully saturated rings. The van der Waals surface area contributed by atoms with Gasteiger partial charge in [-0.25, -0.2) is 4.98 Å². The first-order valence-corrected chi connectivity index (χ1v) is 6.72. The highest BCUT2D eigenvalue weighted by Gasteiger charge is 2.05. The minimum absolute atomic E-state index is 0.698. The zero-order valence-corrected chi connectivity index (χ0v) is 11.8. The van der Waals surface area contributed by atoms with Crippen LogP contribution in [0.2, 0.25) is 0 Å². The van der Waals surface area contributed by atoms with E-state index in [1.54, 1.807) is 6.20 Å². The van der Waals surface area contributed by atoms with Crippen molar-refractivity contribution in [2.75, 3.05) is 0 Å². The second kappa shape index (κ2) is 4.66. The van der Waals surface area contributed by atoms with Crippen molar-refractivity contribution in [2.24, 2.45) is 0 Å². The highest BCUT2D eigenvalue weighted by molar-refractivity contribution is 9.10. The molecule has 0 saturated carbocycles. The summed E-state index contributed by atoms with van der Waals surface area (Å²) in [7, 11) is 0. The van der Waals surface area contributed by atoms with E-state index in [0.29, 0.717) is 4.77 Å². The fraction of sp³-hybridized carbons (Fsp3) is 0.0769. The van der Waals surface area contributed by atoms with E-state index in [1.807, 2.05) is 28.8 Å². The topological polar surface area (TPSA) is 33.6 Å². The van der Waals surface area contributed by atoms with Gasteiger partial charge in [0.1, 0.15) is 0 Å². The standard InChI is InChI=1S/C13H10BrN3S/c14-10-4-1-3-9(7-10)8-17-12-11(16-13(17)18)5-2-6-15-12/h1-7H,8H2,(H,16,18). The minimum Gasteiger partial charge on any atom is -0.329 e. The van der Waals surface area contributed by atoms with Crippen LogP contribution in [-0.4, -0.2) is 14.5 Å². The van der Waals surface area contributed by atoms with Crippen LogP contribution in [0, 0.1) is 4.77 Å². The van der Waals surface area contributed by atoms with Crippen LogP contribution in [0.1, 0.15) is 5.56 Å². The maximum atomic E-state index is 5.34. The summed E-state index contributed by atoms with van der Waals surface area (Å²) in [6, 6.07) is 12.1. The molecule has 0 spiro atoms. The largest absolute Gasteiger partial charge is 0.329 e. The van der Waals surface area contributed by atoms with Crippen molar-refractivity contribution in [1.82, 2.24) is 14.5 Å². The molecule has 0 saturated heterocycles. The van der Waals surface area contributed by atoms with Crippen molar-refractivity contribution in [3.8, 4) is 0 Å². The Balaban J connectivity index is 2.10. The molecule has 0 aliphatic rings. The molecule has 3 rings (SSSR count). The van der Waals surface area contributed by atoms with Gasteiger partial charge in [0, 0.05) is 10.7 Å². The number of nitrogens with one attached hydrogen (secondary N) is 1. The second-order valence-electron chi connectivity index (χ2n) is 4.02. The number of aromatic amines is 1. The number of H-pyrrole nitrogens is 1. The SMILES string of the molecule is S=c1[nH]c2cccnc2n1Cc1cccc(Br)c1. The number of pyridine rings is 1. The fourth-order valence-corrected chi connectivity index (χ4v) is 2.66. The monoisotopic (exact) mass is 319 g/mol. The molecule has 0 radical (unpaired) electrons. The van der Waals surface area contributed by atoms with E-state index in [1.165, 1.54) is 5.56 Å². The molecule has 2 aromatic heterocycles. The molecule has 0 aliphatic heterocycles. The van der Waals surface area contributed by atoms with Crippen LogP contribution in [0.25, 0.3) is 11.2 Å². The highest BCUT2D eigenvalue weighted by Crippen LogP contribution is 2.16. The van der Waals surface area contributed by atoms with Gasteiger partial charge in [0.25, 0.3) is 0 Å². The Morgan fingerprint density at radius 3 is 3.00 bits per heavy atom. The Kier molecular flexibility index (Phi) is 3.01. The Bertz CT molecular complexity index is 760. The van der Waals surface area contributed by atoms with Crippen molar-refractivity contribution in [3.05, 3.63) is 57.4 Å². The molecule has 1 N–H and O–H groups in total. The van der Waals surface area contributed by atoms with Crippen LogP contribution < -0.4 is 0 Å². The summed E-state index contributed by atoms with van der Waals surface area (Å²) in [4.78, 5) is 7.54. The molecule has 18 heavy (non-hydrogen) atoms. The van der Waals surface area contributed by atoms with Gasteiger partial charge in [0.05, 0.1) is 12.1 Å². The summed E-state index contributed by atoms with van der Waals surface area (Å²) < 4.78 is 3.77. The lowest BCUT2D eigenvalue weighted by Crippen LogP contribution is -2.00. The first-order chi connectivity index (χ1) is 8.74. The lowest BCUT2D eigenvalue weighted by Gasteiger charge is -2.04. The number of hydrogen-bond acceptors (Lipinski definition) is 2. The van der Waals surface area contributed by atoms with Gasteiger partial charge in [-0.3, -0.25) is 4.57 Å². The molecule has 1 aromatic carbocycles. The average molecular weight is 320 g/mol. The predicted octanol–water partition coefficient (Wildman–Crippen LogP) is 3.90. The molecule has 0 atom stereocenters. The summed E-state index contributed by atoms with van der Waals surface area (Å²) in [6.07, 6.45) is 1.78. The van der Waals surface area contributed by atoms with Crippen molar-refractivity contribution in [2.45, 2.75) is 6.54 Å². The quantitative estimate of drug-likeness (QED) is 0.727. The van der Waals surface area contributed by atoms with E-state index in [-0.39, 0.29) is 0 Å². The first kappa shape index (κ1) is 11.6. The van der Waals surface area contributed by atoms with E-state index < -0.39 is 0 Å². The molecule has 0 amide bonds. The molecule has 2 heterocycles. The molecule has 3 aromatic rings. The summed E-state index contributed by atoms with van der Waals surface area (Å²) >= 11 is 8.82. The Labute approximate surface area is 118 Å². The zero-order valence-electron chi connectivity index (χ0n) is 9.43. The number of aromatic nitrogens is 3. The number of benzene rings is 1. The van der Waals surface area contributed by atoms with Crippen molar-refractivity contribution < 1.29 is 0 Å². The van der Waals surface area contributed by atoms with E-state index in [4.69, 9.17) is 12.2 Å². The second-order valence-corrected chi connectivity index (χ2v) is 5.32. The minimum atomic E-state index is 0.698. The van der Waals surface area contributed by atoms with E-state index >= 15 is 0 Å².